The maximum absolute atomic E-state index is 13.8. The van der Waals surface area contributed by atoms with Crippen LogP contribution in [0.25, 0.3) is 0 Å². The molecule has 4 rings (SSSR count). The van der Waals surface area contributed by atoms with Crippen molar-refractivity contribution in [1.29, 1.82) is 0 Å². The zero-order chi connectivity index (χ0) is 29.6. The molecule has 2 bridgehead atoms. The van der Waals surface area contributed by atoms with Crippen molar-refractivity contribution in [3.05, 3.63) is 58.6 Å². The first-order valence-electron chi connectivity index (χ1n) is 13.0. The lowest BCUT2D eigenvalue weighted by Gasteiger charge is -2.43. The summed E-state index contributed by atoms with van der Waals surface area (Å²) in [6, 6.07) is 6.64. The van der Waals surface area contributed by atoms with Crippen molar-refractivity contribution < 1.29 is 37.0 Å². The van der Waals surface area contributed by atoms with Gasteiger partial charge in [-0.1, -0.05) is 18.5 Å². The van der Waals surface area contributed by atoms with Crippen LogP contribution in [0.1, 0.15) is 56.8 Å². The fourth-order valence-corrected chi connectivity index (χ4v) is 8.47. The first-order valence-corrected chi connectivity index (χ1v) is 14.9. The van der Waals surface area contributed by atoms with Gasteiger partial charge in [0.2, 0.25) is 5.91 Å². The van der Waals surface area contributed by atoms with Crippen molar-refractivity contribution >= 4 is 38.9 Å². The molecule has 2 aromatic rings. The van der Waals surface area contributed by atoms with Crippen LogP contribution >= 0.6 is 11.6 Å². The summed E-state index contributed by atoms with van der Waals surface area (Å²) in [6.45, 7) is 4.92. The van der Waals surface area contributed by atoms with Crippen LogP contribution in [0.15, 0.2) is 41.3 Å². The average molecular weight is 599 g/mol. The van der Waals surface area contributed by atoms with Gasteiger partial charge >= 0.3 is 0 Å². The molecule has 2 saturated carbocycles. The standard InChI is InChI=1S/C28H33ClF2N2O6S/c1-15-8-17-10-19(12-20(15)28(17,37)14-32-25(34)13-27(2,3)36)40(38,39)24-9-16(4-6-21(24)29)26(35)33-18-5-7-22(30)23(31)11-18/h4-7,9,11,15,17,19-20,36-37H,8,10,12-14H2,1-3H3,(H,32,34)(H,33,35)/t15-,17?,19-,20-,28-/m1/s1. The summed E-state index contributed by atoms with van der Waals surface area (Å²) in [5.74, 6) is -4.16. The minimum absolute atomic E-state index is 0.00460. The highest BCUT2D eigenvalue weighted by molar-refractivity contribution is 7.92. The molecule has 0 aromatic heterocycles. The largest absolute Gasteiger partial charge is 0.390 e. The molecule has 5 atom stereocenters. The third-order valence-corrected chi connectivity index (χ3v) is 10.7. The minimum Gasteiger partial charge on any atom is -0.390 e. The number of carbonyl (C=O) groups excluding carboxylic acids is 2. The Kier molecular flexibility index (Phi) is 8.35. The van der Waals surface area contributed by atoms with E-state index in [1.165, 1.54) is 32.0 Å². The summed E-state index contributed by atoms with van der Waals surface area (Å²) in [6.07, 6.45) is 0.727. The first kappa shape index (κ1) is 30.4. The molecular weight excluding hydrogens is 566 g/mol. The summed E-state index contributed by atoms with van der Waals surface area (Å²) in [5, 5.41) is 25.7. The van der Waals surface area contributed by atoms with Gasteiger partial charge in [0, 0.05) is 23.9 Å². The van der Waals surface area contributed by atoms with Gasteiger partial charge in [-0.25, -0.2) is 17.2 Å². The van der Waals surface area contributed by atoms with Crippen molar-refractivity contribution in [2.75, 3.05) is 11.9 Å². The van der Waals surface area contributed by atoms with Crippen molar-refractivity contribution in [2.24, 2.45) is 17.8 Å². The van der Waals surface area contributed by atoms with Gasteiger partial charge in [-0.05, 0) is 81.2 Å². The van der Waals surface area contributed by atoms with Crippen LogP contribution < -0.4 is 10.6 Å². The number of benzene rings is 2. The highest BCUT2D eigenvalue weighted by Gasteiger charge is 2.58. The van der Waals surface area contributed by atoms with E-state index >= 15 is 0 Å². The average Bonchev–Trinajstić information content (AvgIpc) is 2.97. The SMILES string of the molecule is C[C@@H]1CC2C[C@@H](S(=O)(=O)c3cc(C(=O)Nc4ccc(F)c(F)c4)ccc3Cl)C[C@H]1[C@@]2(O)CNC(=O)CC(C)(C)O. The van der Waals surface area contributed by atoms with Crippen LogP contribution in [-0.2, 0) is 14.6 Å². The summed E-state index contributed by atoms with van der Waals surface area (Å²) in [7, 11) is -4.04. The van der Waals surface area contributed by atoms with Gasteiger partial charge in [-0.2, -0.15) is 0 Å². The van der Waals surface area contributed by atoms with E-state index in [0.29, 0.717) is 6.42 Å². The monoisotopic (exact) mass is 598 g/mol. The van der Waals surface area contributed by atoms with Crippen LogP contribution in [0.2, 0.25) is 5.02 Å². The molecule has 0 aliphatic heterocycles. The molecule has 40 heavy (non-hydrogen) atoms. The molecule has 0 spiro atoms. The number of rotatable bonds is 8. The van der Waals surface area contributed by atoms with E-state index in [2.05, 4.69) is 10.6 Å². The second-order valence-electron chi connectivity index (χ2n) is 11.6. The van der Waals surface area contributed by atoms with Gasteiger partial charge in [0.1, 0.15) is 0 Å². The topological polar surface area (TPSA) is 133 Å². The van der Waals surface area contributed by atoms with E-state index in [0.717, 1.165) is 18.2 Å². The lowest BCUT2D eigenvalue weighted by molar-refractivity contribution is -0.128. The van der Waals surface area contributed by atoms with E-state index in [4.69, 9.17) is 11.6 Å². The quantitative estimate of drug-likeness (QED) is 0.362. The maximum atomic E-state index is 13.8. The number of amides is 2. The van der Waals surface area contributed by atoms with Crippen LogP contribution in [0, 0.1) is 29.4 Å². The Hall–Kier alpha value is -2.60. The van der Waals surface area contributed by atoms with E-state index in [-0.39, 0.29) is 52.9 Å². The summed E-state index contributed by atoms with van der Waals surface area (Å²) >= 11 is 6.29. The van der Waals surface area contributed by atoms with Gasteiger partial charge in [0.25, 0.3) is 5.91 Å². The fraction of sp³-hybridized carbons (Fsp3) is 0.500. The number of fused-ring (bicyclic) bond motifs is 2. The number of halogens is 3. The van der Waals surface area contributed by atoms with Crippen LogP contribution in [0.5, 0.6) is 0 Å². The molecule has 2 aromatic carbocycles. The molecule has 4 N–H and O–H groups in total. The van der Waals surface area contributed by atoms with E-state index in [9.17, 15) is 37.0 Å². The first-order chi connectivity index (χ1) is 18.5. The Labute approximate surface area is 237 Å². The van der Waals surface area contributed by atoms with Crippen LogP contribution in [-0.4, -0.2) is 53.4 Å². The predicted octanol–water partition coefficient (Wildman–Crippen LogP) is 4.09. The van der Waals surface area contributed by atoms with Gasteiger partial charge < -0.3 is 20.8 Å². The second kappa shape index (κ2) is 11.0. The van der Waals surface area contributed by atoms with E-state index in [1.54, 1.807) is 0 Å². The molecule has 8 nitrogen and oxygen atoms in total. The Morgan fingerprint density at radius 2 is 1.80 bits per heavy atom. The van der Waals surface area contributed by atoms with Gasteiger partial charge in [-0.15, -0.1) is 0 Å². The molecule has 2 fully saturated rings. The van der Waals surface area contributed by atoms with Crippen molar-refractivity contribution in [3.63, 3.8) is 0 Å². The van der Waals surface area contributed by atoms with Gasteiger partial charge in [-0.3, -0.25) is 9.59 Å². The van der Waals surface area contributed by atoms with Crippen LogP contribution in [0.3, 0.4) is 0 Å². The summed E-state index contributed by atoms with van der Waals surface area (Å²) in [4.78, 5) is 24.8. The van der Waals surface area contributed by atoms with Crippen molar-refractivity contribution in [1.82, 2.24) is 5.32 Å². The molecular formula is C28H33ClF2N2O6S. The van der Waals surface area contributed by atoms with Gasteiger partial charge in [0.15, 0.2) is 21.5 Å². The normalized spacial score (nSPS) is 26.4. The van der Waals surface area contributed by atoms with E-state index < -0.39 is 61.6 Å². The lowest BCUT2D eigenvalue weighted by Crippen LogP contribution is -2.55. The summed E-state index contributed by atoms with van der Waals surface area (Å²) < 4.78 is 54.4. The zero-order valence-corrected chi connectivity index (χ0v) is 24.0. The molecule has 0 radical (unpaired) electrons. The Bertz CT molecular complexity index is 1430. The third kappa shape index (κ3) is 6.17. The fourth-order valence-electron chi connectivity index (χ4n) is 6.09. The highest BCUT2D eigenvalue weighted by Crippen LogP contribution is 2.54. The Morgan fingerprint density at radius 1 is 1.10 bits per heavy atom. The van der Waals surface area contributed by atoms with Crippen molar-refractivity contribution in [2.45, 2.75) is 67.8 Å². The molecule has 0 saturated heterocycles. The molecule has 2 aliphatic rings. The van der Waals surface area contributed by atoms with Crippen molar-refractivity contribution in [3.8, 4) is 0 Å². The maximum Gasteiger partial charge on any atom is 0.255 e. The number of hydrogen-bond acceptors (Lipinski definition) is 6. The molecule has 0 heterocycles. The molecule has 218 valence electrons. The number of anilines is 1. The Morgan fingerprint density at radius 3 is 2.42 bits per heavy atom. The number of nitrogens with one attached hydrogen (secondary N) is 2. The summed E-state index contributed by atoms with van der Waals surface area (Å²) in [5.41, 5.74) is -2.54. The smallest absolute Gasteiger partial charge is 0.255 e. The molecule has 2 aliphatic carbocycles. The van der Waals surface area contributed by atoms with E-state index in [1.807, 2.05) is 6.92 Å². The van der Waals surface area contributed by atoms with Gasteiger partial charge in [0.05, 0.1) is 32.8 Å². The zero-order valence-electron chi connectivity index (χ0n) is 22.4. The molecule has 2 amide bonds. The second-order valence-corrected chi connectivity index (χ2v) is 14.2. The highest BCUT2D eigenvalue weighted by atomic mass is 35.5. The molecule has 12 heteroatoms. The van der Waals surface area contributed by atoms with Crippen LogP contribution in [0.4, 0.5) is 14.5 Å². The lowest BCUT2D eigenvalue weighted by atomic mass is 9.73. The number of hydrogen-bond donors (Lipinski definition) is 4. The number of aliphatic hydroxyl groups is 2. The number of sulfone groups is 1. The predicted molar refractivity (Wildman–Crippen MR) is 146 cm³/mol. The Balaban J connectivity index is 1.53. The minimum atomic E-state index is -4.04. The molecule has 1 unspecified atom stereocenters. The third-order valence-electron chi connectivity index (χ3n) is 8.03. The number of carbonyl (C=O) groups is 2.